The summed E-state index contributed by atoms with van der Waals surface area (Å²) in [5, 5.41) is 6.07. The van der Waals surface area contributed by atoms with Crippen LogP contribution >= 0.6 is 35.4 Å². The third-order valence-corrected chi connectivity index (χ3v) is 3.88. The predicted octanol–water partition coefficient (Wildman–Crippen LogP) is 5.38. The average molecular weight is 337 g/mol. The molecular formula is C14H6Cl2N2O2S. The van der Waals surface area contributed by atoms with Gasteiger partial charge in [0.2, 0.25) is 0 Å². The number of nitrogens with zero attached hydrogens (tertiary/aromatic N) is 2. The van der Waals surface area contributed by atoms with Crippen molar-refractivity contribution in [3.8, 4) is 11.5 Å². The Kier molecular flexibility index (Phi) is 2.82. The summed E-state index contributed by atoms with van der Waals surface area (Å²) in [5.41, 5.74) is 1.91. The van der Waals surface area contributed by atoms with Crippen LogP contribution in [0.15, 0.2) is 45.4 Å². The van der Waals surface area contributed by atoms with E-state index in [1.807, 2.05) is 12.1 Å². The molecule has 0 atom stereocenters. The second kappa shape index (κ2) is 4.59. The van der Waals surface area contributed by atoms with Gasteiger partial charge in [-0.25, -0.2) is 0 Å². The molecule has 0 unspecified atom stereocenters. The van der Waals surface area contributed by atoms with Crippen LogP contribution in [0.2, 0.25) is 10.0 Å². The third-order valence-electron chi connectivity index (χ3n) is 3.13. The van der Waals surface area contributed by atoms with Crippen molar-refractivity contribution in [3.05, 3.63) is 51.5 Å². The van der Waals surface area contributed by atoms with E-state index in [0.29, 0.717) is 27.1 Å². The lowest BCUT2D eigenvalue weighted by Gasteiger charge is -2.02. The molecule has 0 bridgehead atoms. The Labute approximate surface area is 133 Å². The molecule has 0 spiro atoms. The van der Waals surface area contributed by atoms with Crippen LogP contribution in [0.5, 0.6) is 0 Å². The molecule has 3 aromatic heterocycles. The SMILES string of the molecule is S=c1oc2c(Cl)cc(Cl)cc2c2cc(-c3ccco3)nn12. The fourth-order valence-electron chi connectivity index (χ4n) is 2.24. The van der Waals surface area contributed by atoms with E-state index in [1.54, 1.807) is 24.5 Å². The van der Waals surface area contributed by atoms with Crippen LogP contribution in [0.25, 0.3) is 27.9 Å². The number of rotatable bonds is 1. The Morgan fingerprint density at radius 3 is 2.81 bits per heavy atom. The van der Waals surface area contributed by atoms with Crippen LogP contribution in [0.4, 0.5) is 0 Å². The predicted molar refractivity (Wildman–Crippen MR) is 83.5 cm³/mol. The van der Waals surface area contributed by atoms with Crippen LogP contribution < -0.4 is 0 Å². The van der Waals surface area contributed by atoms with Gasteiger partial charge >= 0.3 is 0 Å². The Morgan fingerprint density at radius 1 is 1.19 bits per heavy atom. The lowest BCUT2D eigenvalue weighted by Crippen LogP contribution is -1.91. The monoisotopic (exact) mass is 336 g/mol. The van der Waals surface area contributed by atoms with Gasteiger partial charge in [0.1, 0.15) is 5.69 Å². The second-order valence-electron chi connectivity index (χ2n) is 4.44. The molecule has 0 aliphatic heterocycles. The molecular weight excluding hydrogens is 331 g/mol. The van der Waals surface area contributed by atoms with E-state index >= 15 is 0 Å². The van der Waals surface area contributed by atoms with Crippen molar-refractivity contribution in [1.29, 1.82) is 0 Å². The molecule has 0 radical (unpaired) electrons. The maximum absolute atomic E-state index is 6.17. The highest BCUT2D eigenvalue weighted by Gasteiger charge is 2.14. The van der Waals surface area contributed by atoms with E-state index in [1.165, 1.54) is 4.52 Å². The summed E-state index contributed by atoms with van der Waals surface area (Å²) in [6, 6.07) is 8.86. The van der Waals surface area contributed by atoms with Crippen LogP contribution in [0, 0.1) is 4.84 Å². The number of furan rings is 1. The maximum Gasteiger partial charge on any atom is 0.290 e. The molecule has 0 fully saturated rings. The zero-order valence-electron chi connectivity index (χ0n) is 10.3. The van der Waals surface area contributed by atoms with Crippen molar-refractivity contribution >= 4 is 51.9 Å². The van der Waals surface area contributed by atoms with Gasteiger partial charge in [-0.15, -0.1) is 0 Å². The van der Waals surface area contributed by atoms with Gasteiger partial charge in [0.25, 0.3) is 4.84 Å². The minimum absolute atomic E-state index is 0.208. The van der Waals surface area contributed by atoms with E-state index in [0.717, 1.165) is 10.9 Å². The second-order valence-corrected chi connectivity index (χ2v) is 5.63. The molecule has 0 saturated heterocycles. The lowest BCUT2D eigenvalue weighted by atomic mass is 10.2. The highest BCUT2D eigenvalue weighted by Crippen LogP contribution is 2.32. The van der Waals surface area contributed by atoms with Gasteiger partial charge in [0.15, 0.2) is 11.3 Å². The molecule has 4 nitrogen and oxygen atoms in total. The van der Waals surface area contributed by atoms with Gasteiger partial charge in [-0.3, -0.25) is 0 Å². The number of fused-ring (bicyclic) bond motifs is 3. The first kappa shape index (κ1) is 12.9. The first-order chi connectivity index (χ1) is 10.1. The van der Waals surface area contributed by atoms with Gasteiger partial charge in [-0.05, 0) is 42.5 Å². The largest absolute Gasteiger partial charge is 0.463 e. The fourth-order valence-corrected chi connectivity index (χ4v) is 3.00. The highest BCUT2D eigenvalue weighted by molar-refractivity contribution is 7.71. The minimum Gasteiger partial charge on any atom is -0.463 e. The standard InChI is InChI=1S/C14H6Cl2N2O2S/c15-7-4-8-11-6-10(12-2-1-3-19-12)17-18(11)14(21)20-13(8)9(16)5-7/h1-6H. The quantitative estimate of drug-likeness (QED) is 0.438. The number of halogens is 2. The average Bonchev–Trinajstić information content (AvgIpc) is 3.07. The van der Waals surface area contributed by atoms with Gasteiger partial charge in [0.05, 0.1) is 16.8 Å². The first-order valence-corrected chi connectivity index (χ1v) is 7.15. The normalized spacial score (nSPS) is 11.5. The highest BCUT2D eigenvalue weighted by atomic mass is 35.5. The number of hydrogen-bond donors (Lipinski definition) is 0. The summed E-state index contributed by atoms with van der Waals surface area (Å²) < 4.78 is 12.5. The van der Waals surface area contributed by atoms with Crippen molar-refractivity contribution < 1.29 is 8.83 Å². The van der Waals surface area contributed by atoms with Gasteiger partial charge in [-0.1, -0.05) is 23.2 Å². The Morgan fingerprint density at radius 2 is 2.05 bits per heavy atom. The molecule has 21 heavy (non-hydrogen) atoms. The van der Waals surface area contributed by atoms with Crippen molar-refractivity contribution in [2.75, 3.05) is 0 Å². The molecule has 7 heteroatoms. The van der Waals surface area contributed by atoms with Crippen molar-refractivity contribution in [1.82, 2.24) is 9.61 Å². The summed E-state index contributed by atoms with van der Waals surface area (Å²) in [4.78, 5) is 0.208. The summed E-state index contributed by atoms with van der Waals surface area (Å²) >= 11 is 17.5. The van der Waals surface area contributed by atoms with Crippen molar-refractivity contribution in [3.63, 3.8) is 0 Å². The van der Waals surface area contributed by atoms with Gasteiger partial charge < -0.3 is 8.83 Å². The van der Waals surface area contributed by atoms with E-state index in [4.69, 9.17) is 44.3 Å². The molecule has 0 aliphatic carbocycles. The first-order valence-electron chi connectivity index (χ1n) is 5.99. The Bertz CT molecular complexity index is 1030. The van der Waals surface area contributed by atoms with Crippen LogP contribution in [-0.4, -0.2) is 9.61 Å². The van der Waals surface area contributed by atoms with Crippen molar-refractivity contribution in [2.45, 2.75) is 0 Å². The van der Waals surface area contributed by atoms with Gasteiger partial charge in [0, 0.05) is 10.4 Å². The van der Waals surface area contributed by atoms with E-state index < -0.39 is 0 Å². The molecule has 1 aromatic carbocycles. The zero-order chi connectivity index (χ0) is 14.6. The van der Waals surface area contributed by atoms with E-state index in [-0.39, 0.29) is 4.84 Å². The Hall–Kier alpha value is -1.82. The summed E-state index contributed by atoms with van der Waals surface area (Å²) in [6.45, 7) is 0. The minimum atomic E-state index is 0.208. The van der Waals surface area contributed by atoms with Crippen LogP contribution in [0.3, 0.4) is 0 Å². The van der Waals surface area contributed by atoms with E-state index in [2.05, 4.69) is 5.10 Å². The summed E-state index contributed by atoms with van der Waals surface area (Å²) in [6.07, 6.45) is 1.59. The molecule has 0 N–H and O–H groups in total. The molecule has 104 valence electrons. The smallest absolute Gasteiger partial charge is 0.290 e. The van der Waals surface area contributed by atoms with Gasteiger partial charge in [-0.2, -0.15) is 9.61 Å². The third kappa shape index (κ3) is 1.97. The molecule has 3 heterocycles. The van der Waals surface area contributed by atoms with E-state index in [9.17, 15) is 0 Å². The number of aromatic nitrogens is 2. The molecule has 4 rings (SSSR count). The van der Waals surface area contributed by atoms with Crippen LogP contribution in [0.1, 0.15) is 0 Å². The summed E-state index contributed by atoms with van der Waals surface area (Å²) in [5.74, 6) is 0.648. The molecule has 0 aliphatic rings. The Balaban J connectivity index is 2.17. The van der Waals surface area contributed by atoms with Crippen LogP contribution in [-0.2, 0) is 0 Å². The van der Waals surface area contributed by atoms with Crippen molar-refractivity contribution in [2.24, 2.45) is 0 Å². The number of benzene rings is 1. The molecule has 0 saturated carbocycles. The summed E-state index contributed by atoms with van der Waals surface area (Å²) in [7, 11) is 0. The number of hydrogen-bond acceptors (Lipinski definition) is 4. The zero-order valence-corrected chi connectivity index (χ0v) is 12.7. The fraction of sp³-hybridized carbons (Fsp3) is 0. The lowest BCUT2D eigenvalue weighted by molar-refractivity contribution is 0.536. The maximum atomic E-state index is 6.17. The molecule has 0 amide bonds. The molecule has 4 aromatic rings. The topological polar surface area (TPSA) is 43.6 Å².